The summed E-state index contributed by atoms with van der Waals surface area (Å²) in [5, 5.41) is 8.69. The summed E-state index contributed by atoms with van der Waals surface area (Å²) in [7, 11) is 0. The first-order chi connectivity index (χ1) is 5.07. The molecule has 0 rings (SSSR count). The van der Waals surface area contributed by atoms with Crippen LogP contribution in [0.2, 0.25) is 0 Å². The summed E-state index contributed by atoms with van der Waals surface area (Å²) in [6, 6.07) is 2.22. The van der Waals surface area contributed by atoms with Crippen molar-refractivity contribution in [1.82, 2.24) is 0 Å². The van der Waals surface area contributed by atoms with Gasteiger partial charge in [0.1, 0.15) is 0 Å². The predicted molar refractivity (Wildman–Crippen MR) is 48.0 cm³/mol. The summed E-state index contributed by atoms with van der Waals surface area (Å²) in [4.78, 5) is 0. The Morgan fingerprint density at radius 1 is 1.36 bits per heavy atom. The molecule has 1 heteroatoms. The molecule has 11 heavy (non-hydrogen) atoms. The van der Waals surface area contributed by atoms with Gasteiger partial charge >= 0.3 is 0 Å². The van der Waals surface area contributed by atoms with Gasteiger partial charge < -0.3 is 0 Å². The molecular formula is C10H17N. The number of nitrogens with zero attached hydrogens (tertiary/aromatic N) is 1. The maximum atomic E-state index is 8.69. The molecule has 0 unspecified atom stereocenters. The van der Waals surface area contributed by atoms with Crippen LogP contribution in [-0.4, -0.2) is 0 Å². The highest BCUT2D eigenvalue weighted by atomic mass is 14.3. The van der Waals surface area contributed by atoms with Gasteiger partial charge in [-0.2, -0.15) is 5.26 Å². The molecule has 1 nitrogen and oxygen atoms in total. The van der Waals surface area contributed by atoms with Crippen LogP contribution in [0.4, 0.5) is 0 Å². The molecule has 0 aromatic heterocycles. The van der Waals surface area contributed by atoms with Crippen molar-refractivity contribution in [3.05, 3.63) is 11.6 Å². The molecule has 0 aliphatic carbocycles. The van der Waals surface area contributed by atoms with Crippen LogP contribution in [0.15, 0.2) is 11.6 Å². The zero-order valence-corrected chi connectivity index (χ0v) is 7.89. The smallest absolute Gasteiger partial charge is 0.0946 e. The molecule has 0 heterocycles. The van der Waals surface area contributed by atoms with Gasteiger partial charge in [0.25, 0.3) is 0 Å². The summed E-state index contributed by atoms with van der Waals surface area (Å²) in [5.41, 5.74) is 0.915. The van der Waals surface area contributed by atoms with Crippen molar-refractivity contribution in [2.45, 2.75) is 34.1 Å². The van der Waals surface area contributed by atoms with Crippen LogP contribution in [0.5, 0.6) is 0 Å². The van der Waals surface area contributed by atoms with Crippen molar-refractivity contribution in [1.29, 1.82) is 5.26 Å². The molecule has 0 amide bonds. The Labute approximate surface area is 69.7 Å². The fraction of sp³-hybridized carbons (Fsp3) is 0.700. The highest BCUT2D eigenvalue weighted by Gasteiger charge is 2.00. The van der Waals surface area contributed by atoms with Gasteiger partial charge in [-0.25, -0.2) is 0 Å². The van der Waals surface area contributed by atoms with Crippen LogP contribution in [-0.2, 0) is 0 Å². The zero-order chi connectivity index (χ0) is 8.85. The first kappa shape index (κ1) is 10.2. The van der Waals surface area contributed by atoms with E-state index in [1.165, 1.54) is 0 Å². The third-order valence-electron chi connectivity index (χ3n) is 1.56. The van der Waals surface area contributed by atoms with E-state index in [1.54, 1.807) is 0 Å². The number of hydrogen-bond donors (Lipinski definition) is 0. The van der Waals surface area contributed by atoms with Crippen molar-refractivity contribution >= 4 is 0 Å². The lowest BCUT2D eigenvalue weighted by molar-refractivity contribution is 0.655. The number of rotatable bonds is 3. The topological polar surface area (TPSA) is 23.8 Å². The number of allylic oxidation sites excluding steroid dienone is 2. The second-order valence-corrected chi connectivity index (χ2v) is 3.56. The van der Waals surface area contributed by atoms with Crippen molar-refractivity contribution in [2.75, 3.05) is 0 Å². The minimum atomic E-state index is 0.374. The van der Waals surface area contributed by atoms with Gasteiger partial charge in [0.05, 0.1) is 6.07 Å². The van der Waals surface area contributed by atoms with E-state index < -0.39 is 0 Å². The first-order valence-electron chi connectivity index (χ1n) is 4.18. The Morgan fingerprint density at radius 3 is 2.18 bits per heavy atom. The highest BCUT2D eigenvalue weighted by Crippen LogP contribution is 2.11. The zero-order valence-electron chi connectivity index (χ0n) is 7.89. The van der Waals surface area contributed by atoms with E-state index in [0.29, 0.717) is 11.8 Å². The summed E-state index contributed by atoms with van der Waals surface area (Å²) < 4.78 is 0. The Hall–Kier alpha value is -0.770. The molecule has 0 aliphatic rings. The average molecular weight is 151 g/mol. The maximum Gasteiger partial charge on any atom is 0.0946 e. The van der Waals surface area contributed by atoms with Crippen LogP contribution in [0, 0.1) is 23.2 Å². The summed E-state index contributed by atoms with van der Waals surface area (Å²) in [5.74, 6) is 1.02. The normalized spacial score (nSPS) is 12.3. The molecule has 0 atom stereocenters. The largest absolute Gasteiger partial charge is 0.193 e. The van der Waals surface area contributed by atoms with Gasteiger partial charge in [-0.1, -0.05) is 33.8 Å². The standard InChI is InChI=1S/C10H17N/c1-8(2)5-6-10(7-11)9(3)4/h6,8-9H,5H2,1-4H3. The molecule has 0 aliphatic heterocycles. The quantitative estimate of drug-likeness (QED) is 0.568. The van der Waals surface area contributed by atoms with E-state index in [4.69, 9.17) is 5.26 Å². The second-order valence-electron chi connectivity index (χ2n) is 3.56. The van der Waals surface area contributed by atoms with E-state index in [9.17, 15) is 0 Å². The van der Waals surface area contributed by atoms with Crippen LogP contribution in [0.3, 0.4) is 0 Å². The third-order valence-corrected chi connectivity index (χ3v) is 1.56. The Morgan fingerprint density at radius 2 is 1.91 bits per heavy atom. The first-order valence-corrected chi connectivity index (χ1v) is 4.18. The van der Waals surface area contributed by atoms with Gasteiger partial charge in [0.2, 0.25) is 0 Å². The van der Waals surface area contributed by atoms with Gasteiger partial charge in [-0.3, -0.25) is 0 Å². The average Bonchev–Trinajstić information content (AvgIpc) is 1.87. The van der Waals surface area contributed by atoms with Crippen LogP contribution < -0.4 is 0 Å². The molecule has 0 fully saturated rings. The molecule has 0 radical (unpaired) electrons. The Kier molecular flexibility index (Phi) is 4.61. The fourth-order valence-corrected chi connectivity index (χ4v) is 0.773. The van der Waals surface area contributed by atoms with Crippen LogP contribution >= 0.6 is 0 Å². The molecule has 0 saturated carbocycles. The summed E-state index contributed by atoms with van der Waals surface area (Å²) >= 11 is 0. The van der Waals surface area contributed by atoms with Gasteiger partial charge in [-0.15, -0.1) is 0 Å². The van der Waals surface area contributed by atoms with E-state index in [2.05, 4.69) is 39.8 Å². The monoisotopic (exact) mass is 151 g/mol. The second kappa shape index (κ2) is 4.96. The summed E-state index contributed by atoms with van der Waals surface area (Å²) in [6.07, 6.45) is 3.07. The van der Waals surface area contributed by atoms with Crippen molar-refractivity contribution in [2.24, 2.45) is 11.8 Å². The Bertz CT molecular complexity index is 170. The lowest BCUT2D eigenvalue weighted by atomic mass is 10.0. The third kappa shape index (κ3) is 4.61. The molecule has 0 aromatic carbocycles. The van der Waals surface area contributed by atoms with Crippen molar-refractivity contribution in [3.63, 3.8) is 0 Å². The van der Waals surface area contributed by atoms with Crippen LogP contribution in [0.1, 0.15) is 34.1 Å². The van der Waals surface area contributed by atoms with Gasteiger partial charge in [0.15, 0.2) is 0 Å². The van der Waals surface area contributed by atoms with Crippen LogP contribution in [0.25, 0.3) is 0 Å². The molecule has 0 spiro atoms. The van der Waals surface area contributed by atoms with E-state index >= 15 is 0 Å². The molecular weight excluding hydrogens is 134 g/mol. The Balaban J connectivity index is 4.05. The minimum absolute atomic E-state index is 0.374. The van der Waals surface area contributed by atoms with Gasteiger partial charge in [-0.05, 0) is 18.3 Å². The SMILES string of the molecule is CC(C)CC=C(C#N)C(C)C. The molecule has 0 aromatic rings. The number of nitriles is 1. The van der Waals surface area contributed by atoms with E-state index in [0.717, 1.165) is 12.0 Å². The highest BCUT2D eigenvalue weighted by molar-refractivity contribution is 5.22. The van der Waals surface area contributed by atoms with E-state index in [-0.39, 0.29) is 0 Å². The molecule has 0 saturated heterocycles. The van der Waals surface area contributed by atoms with Crippen molar-refractivity contribution < 1.29 is 0 Å². The number of hydrogen-bond acceptors (Lipinski definition) is 1. The van der Waals surface area contributed by atoms with E-state index in [1.807, 2.05) is 0 Å². The lowest BCUT2D eigenvalue weighted by Gasteiger charge is -2.03. The molecule has 0 N–H and O–H groups in total. The summed E-state index contributed by atoms with van der Waals surface area (Å²) in [6.45, 7) is 8.42. The van der Waals surface area contributed by atoms with Crippen molar-refractivity contribution in [3.8, 4) is 6.07 Å². The van der Waals surface area contributed by atoms with Gasteiger partial charge in [0, 0.05) is 5.57 Å². The lowest BCUT2D eigenvalue weighted by Crippen LogP contribution is -1.92. The fourth-order valence-electron chi connectivity index (χ4n) is 0.773. The predicted octanol–water partition coefficient (Wildman–Crippen LogP) is 3.14. The molecule has 62 valence electrons. The molecule has 0 bridgehead atoms. The maximum absolute atomic E-state index is 8.69. The minimum Gasteiger partial charge on any atom is -0.193 e.